The second-order valence-electron chi connectivity index (χ2n) is 4.35. The Labute approximate surface area is 98.3 Å². The van der Waals surface area contributed by atoms with Crippen LogP contribution in [0.4, 0.5) is 0 Å². The highest BCUT2D eigenvalue weighted by atomic mass is 32.2. The van der Waals surface area contributed by atoms with Crippen molar-refractivity contribution < 1.29 is 8.42 Å². The summed E-state index contributed by atoms with van der Waals surface area (Å²) in [5, 5.41) is 7.99. The molecule has 1 rings (SSSR count). The average Bonchev–Trinajstić information content (AvgIpc) is 2.30. The van der Waals surface area contributed by atoms with E-state index < -0.39 is 15.3 Å². The van der Waals surface area contributed by atoms with E-state index in [0.717, 1.165) is 19.3 Å². The first-order chi connectivity index (χ1) is 7.56. The van der Waals surface area contributed by atoms with E-state index in [0.29, 0.717) is 25.4 Å². The monoisotopic (exact) mass is 244 g/mol. The number of hydrogen-bond acceptors (Lipinski definition) is 3. The van der Waals surface area contributed by atoms with Crippen LogP contribution in [-0.4, -0.2) is 31.1 Å². The first kappa shape index (κ1) is 13.5. The van der Waals surface area contributed by atoms with Gasteiger partial charge in [0.05, 0.1) is 6.07 Å². The molecule has 0 amide bonds. The summed E-state index contributed by atoms with van der Waals surface area (Å²) in [5.74, 6) is 0.458. The second-order valence-corrected chi connectivity index (χ2v) is 6.46. The number of sulfonamides is 1. The quantitative estimate of drug-likeness (QED) is 0.756. The summed E-state index contributed by atoms with van der Waals surface area (Å²) in [4.78, 5) is 0. The maximum absolute atomic E-state index is 12.1. The Morgan fingerprint density at radius 1 is 1.50 bits per heavy atom. The minimum absolute atomic E-state index is 0.367. The largest absolute Gasteiger partial charge is 0.230 e. The first-order valence-corrected chi connectivity index (χ1v) is 7.45. The van der Waals surface area contributed by atoms with Crippen LogP contribution in [0.5, 0.6) is 0 Å². The van der Waals surface area contributed by atoms with Gasteiger partial charge in [-0.15, -0.1) is 0 Å². The molecule has 1 saturated heterocycles. The molecule has 0 N–H and O–H groups in total. The molecule has 2 unspecified atom stereocenters. The van der Waals surface area contributed by atoms with Crippen LogP contribution in [0.3, 0.4) is 0 Å². The lowest BCUT2D eigenvalue weighted by Crippen LogP contribution is -2.44. The maximum atomic E-state index is 12.1. The highest BCUT2D eigenvalue weighted by molar-refractivity contribution is 7.90. The van der Waals surface area contributed by atoms with E-state index in [9.17, 15) is 8.42 Å². The number of hydrogen-bond donors (Lipinski definition) is 0. The highest BCUT2D eigenvalue weighted by Crippen LogP contribution is 2.23. The van der Waals surface area contributed by atoms with Gasteiger partial charge in [-0.05, 0) is 25.2 Å². The molecule has 2 atom stereocenters. The summed E-state index contributed by atoms with van der Waals surface area (Å²) in [5.41, 5.74) is 0. The van der Waals surface area contributed by atoms with Crippen molar-refractivity contribution in [2.24, 2.45) is 5.92 Å². The van der Waals surface area contributed by atoms with Crippen LogP contribution in [0.25, 0.3) is 0 Å². The molecule has 1 aliphatic heterocycles. The molecule has 1 aliphatic rings. The maximum Gasteiger partial charge on any atom is 0.230 e. The van der Waals surface area contributed by atoms with Crippen LogP contribution in [-0.2, 0) is 10.0 Å². The molecule has 0 bridgehead atoms. The summed E-state index contributed by atoms with van der Waals surface area (Å²) in [6, 6.07) is 1.89. The van der Waals surface area contributed by atoms with E-state index >= 15 is 0 Å². The lowest BCUT2D eigenvalue weighted by atomic mass is 9.97. The second kappa shape index (κ2) is 5.65. The smallest absolute Gasteiger partial charge is 0.211 e. The molecule has 92 valence electrons. The lowest BCUT2D eigenvalue weighted by molar-refractivity contribution is 0.260. The lowest BCUT2D eigenvalue weighted by Gasteiger charge is -2.32. The van der Waals surface area contributed by atoms with Crippen molar-refractivity contribution in [3.8, 4) is 6.07 Å². The highest BCUT2D eigenvalue weighted by Gasteiger charge is 2.33. The Morgan fingerprint density at radius 3 is 2.69 bits per heavy atom. The van der Waals surface area contributed by atoms with Gasteiger partial charge in [0.2, 0.25) is 10.0 Å². The van der Waals surface area contributed by atoms with Gasteiger partial charge in [-0.2, -0.15) is 5.26 Å². The third-order valence-electron chi connectivity index (χ3n) is 3.29. The van der Waals surface area contributed by atoms with E-state index in [-0.39, 0.29) is 0 Å². The molecule has 0 saturated carbocycles. The van der Waals surface area contributed by atoms with Gasteiger partial charge in [0.25, 0.3) is 0 Å². The van der Waals surface area contributed by atoms with Crippen LogP contribution in [0, 0.1) is 17.2 Å². The van der Waals surface area contributed by atoms with Gasteiger partial charge in [-0.1, -0.05) is 20.3 Å². The Hall–Kier alpha value is -0.600. The Bertz CT molecular complexity index is 359. The molecule has 1 heterocycles. The van der Waals surface area contributed by atoms with Crippen LogP contribution >= 0.6 is 0 Å². The molecule has 0 radical (unpaired) electrons. The predicted octanol–water partition coefficient (Wildman–Crippen LogP) is 1.74. The van der Waals surface area contributed by atoms with Gasteiger partial charge in [-0.25, -0.2) is 12.7 Å². The van der Waals surface area contributed by atoms with Crippen LogP contribution in [0.2, 0.25) is 0 Å². The van der Waals surface area contributed by atoms with Crippen molar-refractivity contribution in [1.82, 2.24) is 4.31 Å². The van der Waals surface area contributed by atoms with Crippen molar-refractivity contribution in [3.63, 3.8) is 0 Å². The fourth-order valence-corrected chi connectivity index (χ4v) is 3.86. The normalized spacial score (nSPS) is 24.9. The molecule has 0 aromatic carbocycles. The average molecular weight is 244 g/mol. The van der Waals surface area contributed by atoms with Gasteiger partial charge in [0, 0.05) is 13.1 Å². The molecule has 5 heteroatoms. The summed E-state index contributed by atoms with van der Waals surface area (Å²) >= 11 is 0. The number of nitriles is 1. The van der Waals surface area contributed by atoms with Gasteiger partial charge in [-0.3, -0.25) is 0 Å². The van der Waals surface area contributed by atoms with E-state index in [2.05, 4.69) is 6.92 Å². The standard InChI is InChI=1S/C11H20N2O2S/c1-3-10-6-5-7-13(9-10)16(14,15)11(4-2)8-12/h10-11H,3-7,9H2,1-2H3. The zero-order valence-electron chi connectivity index (χ0n) is 10.0. The number of rotatable bonds is 4. The van der Waals surface area contributed by atoms with Gasteiger partial charge >= 0.3 is 0 Å². The molecular weight excluding hydrogens is 224 g/mol. The first-order valence-electron chi connectivity index (χ1n) is 5.94. The Balaban J connectivity index is 2.80. The molecule has 16 heavy (non-hydrogen) atoms. The fourth-order valence-electron chi connectivity index (χ4n) is 2.14. The van der Waals surface area contributed by atoms with E-state index in [1.807, 2.05) is 6.07 Å². The molecule has 4 nitrogen and oxygen atoms in total. The molecule has 1 fully saturated rings. The predicted molar refractivity (Wildman–Crippen MR) is 63.2 cm³/mol. The van der Waals surface area contributed by atoms with Crippen molar-refractivity contribution in [2.75, 3.05) is 13.1 Å². The molecule has 0 spiro atoms. The molecule has 0 aromatic heterocycles. The van der Waals surface area contributed by atoms with Gasteiger partial charge in [0.1, 0.15) is 0 Å². The minimum atomic E-state index is -3.40. The third kappa shape index (κ3) is 2.74. The topological polar surface area (TPSA) is 61.2 Å². The molecule has 0 aliphatic carbocycles. The van der Waals surface area contributed by atoms with E-state index in [1.165, 1.54) is 4.31 Å². The molecule has 0 aromatic rings. The zero-order valence-corrected chi connectivity index (χ0v) is 10.8. The van der Waals surface area contributed by atoms with Crippen molar-refractivity contribution in [3.05, 3.63) is 0 Å². The number of nitrogens with zero attached hydrogens (tertiary/aromatic N) is 2. The zero-order chi connectivity index (χ0) is 12.2. The summed E-state index contributed by atoms with van der Waals surface area (Å²) in [6.07, 6.45) is 3.40. The van der Waals surface area contributed by atoms with Crippen LogP contribution in [0.1, 0.15) is 39.5 Å². The van der Waals surface area contributed by atoms with Gasteiger partial charge < -0.3 is 0 Å². The third-order valence-corrected chi connectivity index (χ3v) is 5.50. The van der Waals surface area contributed by atoms with E-state index in [1.54, 1.807) is 6.92 Å². The summed E-state index contributed by atoms with van der Waals surface area (Å²) in [6.45, 7) is 5.00. The van der Waals surface area contributed by atoms with Crippen molar-refractivity contribution in [2.45, 2.75) is 44.8 Å². The fraction of sp³-hybridized carbons (Fsp3) is 0.909. The SMILES string of the molecule is CCC1CCCN(S(=O)(=O)C(C#N)CC)C1. The number of piperidine rings is 1. The van der Waals surface area contributed by atoms with E-state index in [4.69, 9.17) is 5.26 Å². The van der Waals surface area contributed by atoms with Gasteiger partial charge in [0.15, 0.2) is 5.25 Å². The van der Waals surface area contributed by atoms with Crippen molar-refractivity contribution in [1.29, 1.82) is 5.26 Å². The Kier molecular flexibility index (Phi) is 4.75. The Morgan fingerprint density at radius 2 is 2.19 bits per heavy atom. The van der Waals surface area contributed by atoms with Crippen LogP contribution in [0.15, 0.2) is 0 Å². The van der Waals surface area contributed by atoms with Crippen molar-refractivity contribution >= 4 is 10.0 Å². The van der Waals surface area contributed by atoms with Crippen LogP contribution < -0.4 is 0 Å². The summed E-state index contributed by atoms with van der Waals surface area (Å²) in [7, 11) is -3.40. The molecular formula is C11H20N2O2S. The minimum Gasteiger partial charge on any atom is -0.211 e. The summed E-state index contributed by atoms with van der Waals surface area (Å²) < 4.78 is 25.7.